The van der Waals surface area contributed by atoms with Gasteiger partial charge in [-0.15, -0.1) is 0 Å². The van der Waals surface area contributed by atoms with E-state index in [1.165, 1.54) is 0 Å². The van der Waals surface area contributed by atoms with Crippen molar-refractivity contribution in [3.63, 3.8) is 0 Å². The number of nitrogens with one attached hydrogen (secondary N) is 4. The average Bonchev–Trinajstić information content (AvgIpc) is 3.42. The summed E-state index contributed by atoms with van der Waals surface area (Å²) in [5, 5.41) is 11.0. The van der Waals surface area contributed by atoms with Crippen LogP contribution in [-0.2, 0) is 58.1 Å². The normalized spacial score (nSPS) is 11.6. The zero-order valence-electron chi connectivity index (χ0n) is 43.7. The molecule has 4 amide bonds. The number of ether oxygens (including phenoxy) is 6. The molecule has 17 heteroatoms. The number of hydrogen-bond donors (Lipinski definition) is 4. The van der Waals surface area contributed by atoms with Crippen LogP contribution >= 0.6 is 0 Å². The smallest absolute Gasteiger partial charge is 0.306 e. The maximum atomic E-state index is 12.8. The van der Waals surface area contributed by atoms with Gasteiger partial charge in [0.05, 0.1) is 40.0 Å². The van der Waals surface area contributed by atoms with Crippen molar-refractivity contribution in [1.82, 2.24) is 21.3 Å². The average molecular weight is 1020 g/mol. The molecule has 0 aliphatic heterocycles. The molecule has 0 saturated heterocycles. The summed E-state index contributed by atoms with van der Waals surface area (Å²) in [7, 11) is 3.24. The Labute approximate surface area is 431 Å². The highest BCUT2D eigenvalue weighted by molar-refractivity contribution is 5.85. The lowest BCUT2D eigenvalue weighted by Crippen LogP contribution is -2.43. The lowest BCUT2D eigenvalue weighted by Gasteiger charge is -2.37. The fourth-order valence-electron chi connectivity index (χ4n) is 7.68. The van der Waals surface area contributed by atoms with Crippen molar-refractivity contribution in [1.29, 1.82) is 0 Å². The van der Waals surface area contributed by atoms with Crippen molar-refractivity contribution < 1.29 is 62.0 Å². The van der Waals surface area contributed by atoms with E-state index in [0.717, 1.165) is 29.5 Å². The number of unbranched alkanes of at least 4 members (excludes halogenated alkanes) is 2. The molecule has 0 radical (unpaired) electrons. The molecule has 0 saturated carbocycles. The van der Waals surface area contributed by atoms with Crippen LogP contribution in [0, 0.1) is 5.92 Å². The zero-order chi connectivity index (χ0) is 53.1. The molecule has 4 N–H and O–H groups in total. The number of amides is 4. The van der Waals surface area contributed by atoms with E-state index < -0.39 is 17.7 Å². The molecule has 0 aliphatic rings. The van der Waals surface area contributed by atoms with Gasteiger partial charge in [0.1, 0.15) is 35.3 Å². The van der Waals surface area contributed by atoms with E-state index in [0.29, 0.717) is 89.2 Å². The Morgan fingerprint density at radius 3 is 1.62 bits per heavy atom. The molecule has 0 heterocycles. The first-order chi connectivity index (χ1) is 35.4. The Hall–Kier alpha value is -6.17. The molecular formula is C56H80N4O13. The van der Waals surface area contributed by atoms with Gasteiger partial charge in [-0.2, -0.15) is 0 Å². The van der Waals surface area contributed by atoms with Crippen LogP contribution in [0.3, 0.4) is 0 Å². The molecule has 3 aromatic carbocycles. The highest BCUT2D eigenvalue weighted by Crippen LogP contribution is 2.42. The molecule has 1 atom stereocenters. The molecular weight excluding hydrogens is 937 g/mol. The maximum absolute atomic E-state index is 12.8. The van der Waals surface area contributed by atoms with Gasteiger partial charge in [0.25, 0.3) is 0 Å². The summed E-state index contributed by atoms with van der Waals surface area (Å²) < 4.78 is 35.1. The Kier molecular flexibility index (Phi) is 30.0. The fraction of sp³-hybridized carbons (Fsp3) is 0.554. The Morgan fingerprint density at radius 2 is 1.07 bits per heavy atom. The first-order valence-corrected chi connectivity index (χ1v) is 25.8. The predicted octanol–water partition coefficient (Wildman–Crippen LogP) is 6.70. The zero-order valence-corrected chi connectivity index (χ0v) is 43.7. The second-order valence-electron chi connectivity index (χ2n) is 17.7. The minimum Gasteiger partial charge on any atom is -0.497 e. The molecule has 0 aliphatic carbocycles. The van der Waals surface area contributed by atoms with Gasteiger partial charge in [0.15, 0.2) is 0 Å². The van der Waals surface area contributed by atoms with E-state index in [-0.39, 0.29) is 99.7 Å². The van der Waals surface area contributed by atoms with Gasteiger partial charge in [-0.1, -0.05) is 88.2 Å². The van der Waals surface area contributed by atoms with Crippen molar-refractivity contribution in [3.05, 3.63) is 95.6 Å². The summed E-state index contributed by atoms with van der Waals surface area (Å²) in [5.41, 5.74) is 1.57. The number of methoxy groups -OCH3 is 2. The standard InChI is InChI=1S/C56H80N4O13/c1-6-46(61)26-32-55(67)72-39-42(40-73-56(43-18-12-10-13-19-43,44-21-27-48(68-4)28-22-44)45-23-29-49(69-5)30-24-45)17-11-9-14-20-47(62)25-31-53(65)57-33-15-35-70-36-16-34-58-54(66)41-71-50(37-59-51(63)7-2)38-60-52(64)8-3/h10,12-13,18-19,21-24,27-30,42,50H,6-9,11,14-17,20,25-26,31-41H2,1-5H3,(H,57,65)(H,58,66)(H,59,63)(H,60,64). The lowest BCUT2D eigenvalue weighted by atomic mass is 9.79. The second kappa shape index (κ2) is 35.9. The Balaban J connectivity index is 1.43. The summed E-state index contributed by atoms with van der Waals surface area (Å²) in [4.78, 5) is 85.6. The van der Waals surface area contributed by atoms with Gasteiger partial charge in [-0.25, -0.2) is 0 Å². The van der Waals surface area contributed by atoms with Gasteiger partial charge in [0, 0.05) is 90.3 Å². The number of benzene rings is 3. The van der Waals surface area contributed by atoms with Crippen molar-refractivity contribution in [2.24, 2.45) is 5.92 Å². The number of esters is 1. The van der Waals surface area contributed by atoms with E-state index in [9.17, 15) is 33.6 Å². The molecule has 0 fully saturated rings. The van der Waals surface area contributed by atoms with E-state index in [1.54, 1.807) is 35.0 Å². The molecule has 0 bridgehead atoms. The number of hydrogen-bond acceptors (Lipinski definition) is 13. The molecule has 3 aromatic rings. The van der Waals surface area contributed by atoms with Crippen LogP contribution in [-0.4, -0.2) is 121 Å². The third-order valence-electron chi connectivity index (χ3n) is 12.1. The third kappa shape index (κ3) is 23.9. The predicted molar refractivity (Wildman–Crippen MR) is 277 cm³/mol. The summed E-state index contributed by atoms with van der Waals surface area (Å²) in [6.45, 7) is 7.28. The maximum Gasteiger partial charge on any atom is 0.306 e. The molecule has 402 valence electrons. The third-order valence-corrected chi connectivity index (χ3v) is 12.1. The van der Waals surface area contributed by atoms with Crippen LogP contribution in [0.25, 0.3) is 0 Å². The highest BCUT2D eigenvalue weighted by Gasteiger charge is 2.38. The van der Waals surface area contributed by atoms with Crippen LogP contribution in [0.2, 0.25) is 0 Å². The minimum absolute atomic E-state index is 0.000976. The highest BCUT2D eigenvalue weighted by atomic mass is 16.5. The van der Waals surface area contributed by atoms with Gasteiger partial charge < -0.3 is 49.7 Å². The van der Waals surface area contributed by atoms with E-state index >= 15 is 0 Å². The molecule has 17 nitrogen and oxygen atoms in total. The summed E-state index contributed by atoms with van der Waals surface area (Å²) in [5.74, 6) is -0.0679. The van der Waals surface area contributed by atoms with Gasteiger partial charge >= 0.3 is 5.97 Å². The van der Waals surface area contributed by atoms with Crippen molar-refractivity contribution in [2.45, 2.75) is 122 Å². The van der Waals surface area contributed by atoms with E-state index in [4.69, 9.17) is 28.4 Å². The van der Waals surface area contributed by atoms with E-state index in [1.807, 2.05) is 78.9 Å². The number of carbonyl (C=O) groups is 7. The SMILES string of the molecule is CCC(=O)CCC(=O)OCC(CCCCCC(=O)CCC(=O)NCCCOCCCNC(=O)COC(CNC(=O)CC)CNC(=O)CC)COC(c1ccccc1)(c1ccc(OC)cc1)c1ccc(OC)cc1. The number of carbonyl (C=O) groups excluding carboxylic acids is 7. The van der Waals surface area contributed by atoms with Crippen LogP contribution in [0.4, 0.5) is 0 Å². The minimum atomic E-state index is -1.07. The van der Waals surface area contributed by atoms with Crippen molar-refractivity contribution in [3.8, 4) is 11.5 Å². The van der Waals surface area contributed by atoms with Crippen LogP contribution < -0.4 is 30.7 Å². The largest absolute Gasteiger partial charge is 0.497 e. The van der Waals surface area contributed by atoms with Crippen LogP contribution in [0.1, 0.15) is 127 Å². The van der Waals surface area contributed by atoms with E-state index in [2.05, 4.69) is 21.3 Å². The lowest BCUT2D eigenvalue weighted by molar-refractivity contribution is -0.147. The first-order valence-electron chi connectivity index (χ1n) is 25.8. The van der Waals surface area contributed by atoms with Crippen LogP contribution in [0.5, 0.6) is 11.5 Å². The molecule has 0 spiro atoms. The van der Waals surface area contributed by atoms with Gasteiger partial charge in [0.2, 0.25) is 23.6 Å². The quantitative estimate of drug-likeness (QED) is 0.0265. The molecule has 3 rings (SSSR count). The van der Waals surface area contributed by atoms with Gasteiger partial charge in [-0.05, 0) is 66.6 Å². The first kappa shape index (κ1) is 61.1. The number of ketones is 2. The molecule has 1 unspecified atom stereocenters. The summed E-state index contributed by atoms with van der Waals surface area (Å²) in [6.07, 6.45) is 5.13. The fourth-order valence-corrected chi connectivity index (χ4v) is 7.68. The topological polar surface area (TPSA) is 223 Å². The summed E-state index contributed by atoms with van der Waals surface area (Å²) in [6, 6.07) is 25.5. The Morgan fingerprint density at radius 1 is 0.521 bits per heavy atom. The monoisotopic (exact) mass is 1020 g/mol. The van der Waals surface area contributed by atoms with Gasteiger partial charge in [-0.3, -0.25) is 33.6 Å². The molecule has 73 heavy (non-hydrogen) atoms. The number of Topliss-reactive ketones (excluding diaryl/α,β-unsaturated/α-hetero) is 2. The van der Waals surface area contributed by atoms with Crippen molar-refractivity contribution >= 4 is 41.2 Å². The Bertz CT molecular complexity index is 2030. The number of rotatable bonds is 40. The second-order valence-corrected chi connectivity index (χ2v) is 17.7. The molecule has 0 aromatic heterocycles. The van der Waals surface area contributed by atoms with Crippen molar-refractivity contribution in [2.75, 3.05) is 73.4 Å². The summed E-state index contributed by atoms with van der Waals surface area (Å²) >= 11 is 0. The van der Waals surface area contributed by atoms with Crippen LogP contribution in [0.15, 0.2) is 78.9 Å².